The van der Waals surface area contributed by atoms with Crippen LogP contribution in [0.1, 0.15) is 30.4 Å². The number of carbonyl (C=O) groups excluding carboxylic acids is 1. The first kappa shape index (κ1) is 20.1. The Bertz CT molecular complexity index is 602. The van der Waals surface area contributed by atoms with Crippen molar-refractivity contribution >= 4 is 11.9 Å². The van der Waals surface area contributed by atoms with Gasteiger partial charge in [-0.05, 0) is 44.2 Å². The van der Waals surface area contributed by atoms with Gasteiger partial charge in [-0.25, -0.2) is 0 Å². The number of para-hydroxylation sites is 1. The van der Waals surface area contributed by atoms with E-state index in [0.717, 1.165) is 50.6 Å². The van der Waals surface area contributed by atoms with Gasteiger partial charge in [0.1, 0.15) is 5.75 Å². The van der Waals surface area contributed by atoms with E-state index in [2.05, 4.69) is 41.2 Å². The van der Waals surface area contributed by atoms with Crippen molar-refractivity contribution in [1.29, 1.82) is 0 Å². The molecule has 1 N–H and O–H groups in total. The Hall–Kier alpha value is -2.24. The maximum atomic E-state index is 11.6. The Morgan fingerprint density at radius 2 is 1.92 bits per heavy atom. The van der Waals surface area contributed by atoms with Crippen LogP contribution in [0.3, 0.4) is 0 Å². The van der Waals surface area contributed by atoms with Gasteiger partial charge in [0.2, 0.25) is 0 Å². The molecule has 26 heavy (non-hydrogen) atoms. The Morgan fingerprint density at radius 1 is 1.27 bits per heavy atom. The van der Waals surface area contributed by atoms with Gasteiger partial charge in [-0.1, -0.05) is 18.2 Å². The third-order valence-electron chi connectivity index (χ3n) is 4.80. The number of nitrogens with one attached hydrogen (secondary N) is 1. The molecule has 0 aliphatic carbocycles. The number of esters is 1. The van der Waals surface area contributed by atoms with Crippen LogP contribution < -0.4 is 10.1 Å². The Kier molecular flexibility index (Phi) is 7.75. The van der Waals surface area contributed by atoms with E-state index in [1.54, 1.807) is 7.05 Å². The minimum Gasteiger partial charge on any atom is -0.493 e. The average molecular weight is 361 g/mol. The molecule has 0 radical (unpaired) electrons. The number of hydrogen-bond donors (Lipinski definition) is 1. The van der Waals surface area contributed by atoms with Crippen LogP contribution in [0, 0.1) is 19.8 Å². The fourth-order valence-electron chi connectivity index (χ4n) is 3.30. The second-order valence-corrected chi connectivity index (χ2v) is 6.68. The summed E-state index contributed by atoms with van der Waals surface area (Å²) < 4.78 is 10.8. The van der Waals surface area contributed by atoms with Gasteiger partial charge in [0, 0.05) is 26.7 Å². The number of rotatable bonds is 6. The van der Waals surface area contributed by atoms with Crippen LogP contribution in [0.5, 0.6) is 5.75 Å². The van der Waals surface area contributed by atoms with E-state index in [0.29, 0.717) is 6.61 Å². The van der Waals surface area contributed by atoms with Gasteiger partial charge < -0.3 is 19.7 Å². The van der Waals surface area contributed by atoms with Gasteiger partial charge in [-0.2, -0.15) is 0 Å². The number of guanidine groups is 1. The lowest BCUT2D eigenvalue weighted by Crippen LogP contribution is -2.47. The molecule has 144 valence electrons. The van der Waals surface area contributed by atoms with E-state index < -0.39 is 0 Å². The zero-order valence-corrected chi connectivity index (χ0v) is 16.4. The van der Waals surface area contributed by atoms with Crippen molar-refractivity contribution in [2.45, 2.75) is 33.1 Å². The molecule has 0 aromatic heterocycles. The number of ether oxygens (including phenoxy) is 2. The van der Waals surface area contributed by atoms with Crippen LogP contribution in [-0.2, 0) is 9.53 Å². The smallest absolute Gasteiger partial charge is 0.308 e. The second-order valence-electron chi connectivity index (χ2n) is 6.68. The van der Waals surface area contributed by atoms with Gasteiger partial charge in [-0.3, -0.25) is 9.79 Å². The topological polar surface area (TPSA) is 63.2 Å². The zero-order valence-electron chi connectivity index (χ0n) is 16.4. The van der Waals surface area contributed by atoms with E-state index in [9.17, 15) is 4.79 Å². The largest absolute Gasteiger partial charge is 0.493 e. The summed E-state index contributed by atoms with van der Waals surface area (Å²) in [5.74, 6) is 1.79. The van der Waals surface area contributed by atoms with Gasteiger partial charge >= 0.3 is 5.97 Å². The van der Waals surface area contributed by atoms with E-state index in [4.69, 9.17) is 9.47 Å². The summed E-state index contributed by atoms with van der Waals surface area (Å²) in [7, 11) is 3.25. The van der Waals surface area contributed by atoms with Crippen molar-refractivity contribution in [2.24, 2.45) is 10.9 Å². The molecule has 0 atom stereocenters. The SMILES string of the molecule is CN=C(NCCCOc1c(C)cccc1C)N1CCC(C(=O)OC)CC1. The van der Waals surface area contributed by atoms with Crippen molar-refractivity contribution in [2.75, 3.05) is 40.4 Å². The molecule has 1 saturated heterocycles. The first-order valence-corrected chi connectivity index (χ1v) is 9.29. The van der Waals surface area contributed by atoms with Crippen molar-refractivity contribution in [3.63, 3.8) is 0 Å². The van der Waals surface area contributed by atoms with Crippen molar-refractivity contribution < 1.29 is 14.3 Å². The number of likely N-dealkylation sites (tertiary alicyclic amines) is 1. The van der Waals surface area contributed by atoms with Crippen LogP contribution in [0.25, 0.3) is 0 Å². The quantitative estimate of drug-likeness (QED) is 0.365. The molecule has 6 heteroatoms. The molecule has 1 aliphatic rings. The number of aliphatic imine (C=N–C) groups is 1. The lowest BCUT2D eigenvalue weighted by Gasteiger charge is -2.33. The summed E-state index contributed by atoms with van der Waals surface area (Å²) in [6, 6.07) is 6.19. The molecule has 1 aromatic carbocycles. The van der Waals surface area contributed by atoms with E-state index >= 15 is 0 Å². The summed E-state index contributed by atoms with van der Waals surface area (Å²) in [5.41, 5.74) is 2.34. The predicted molar refractivity (Wildman–Crippen MR) is 104 cm³/mol. The number of benzene rings is 1. The third kappa shape index (κ3) is 5.38. The van der Waals surface area contributed by atoms with Crippen LogP contribution in [0.2, 0.25) is 0 Å². The minimum absolute atomic E-state index is 0.0140. The first-order chi connectivity index (χ1) is 12.6. The Balaban J connectivity index is 1.70. The van der Waals surface area contributed by atoms with Gasteiger partial charge in [0.15, 0.2) is 5.96 Å². The highest BCUT2D eigenvalue weighted by molar-refractivity contribution is 5.80. The van der Waals surface area contributed by atoms with Gasteiger partial charge in [0.25, 0.3) is 0 Å². The number of piperidine rings is 1. The Morgan fingerprint density at radius 3 is 2.50 bits per heavy atom. The fraction of sp³-hybridized carbons (Fsp3) is 0.600. The van der Waals surface area contributed by atoms with Crippen molar-refractivity contribution in [3.8, 4) is 5.75 Å². The van der Waals surface area contributed by atoms with Crippen LogP contribution in [-0.4, -0.2) is 57.2 Å². The maximum Gasteiger partial charge on any atom is 0.308 e. The molecule has 0 bridgehead atoms. The summed E-state index contributed by atoms with van der Waals surface area (Å²) in [6.07, 6.45) is 2.51. The first-order valence-electron chi connectivity index (χ1n) is 9.29. The monoisotopic (exact) mass is 361 g/mol. The van der Waals surface area contributed by atoms with Crippen LogP contribution in [0.15, 0.2) is 23.2 Å². The second kappa shape index (κ2) is 10.0. The van der Waals surface area contributed by atoms with Gasteiger partial charge in [0.05, 0.1) is 19.6 Å². The highest BCUT2D eigenvalue weighted by Crippen LogP contribution is 2.22. The molecule has 0 amide bonds. The highest BCUT2D eigenvalue weighted by Gasteiger charge is 2.26. The molecular formula is C20H31N3O3. The van der Waals surface area contributed by atoms with Crippen LogP contribution >= 0.6 is 0 Å². The third-order valence-corrected chi connectivity index (χ3v) is 4.80. The molecular weight excluding hydrogens is 330 g/mol. The standard InChI is InChI=1S/C20H31N3O3/c1-15-7-5-8-16(2)18(15)26-14-6-11-22-20(21-3)23-12-9-17(10-13-23)19(24)25-4/h5,7-8,17H,6,9-14H2,1-4H3,(H,21,22). The lowest BCUT2D eigenvalue weighted by molar-refractivity contribution is -0.146. The number of hydrogen-bond acceptors (Lipinski definition) is 4. The molecule has 2 rings (SSSR count). The Labute approximate surface area is 156 Å². The normalized spacial score (nSPS) is 15.7. The van der Waals surface area contributed by atoms with Gasteiger partial charge in [-0.15, -0.1) is 0 Å². The van der Waals surface area contributed by atoms with Crippen molar-refractivity contribution in [1.82, 2.24) is 10.2 Å². The van der Waals surface area contributed by atoms with Crippen molar-refractivity contribution in [3.05, 3.63) is 29.3 Å². The maximum absolute atomic E-state index is 11.6. The summed E-state index contributed by atoms with van der Waals surface area (Å²) in [4.78, 5) is 18.2. The van der Waals surface area contributed by atoms with E-state index in [1.807, 2.05) is 6.07 Å². The van der Waals surface area contributed by atoms with Crippen LogP contribution in [0.4, 0.5) is 0 Å². The summed E-state index contributed by atoms with van der Waals surface area (Å²) in [6.45, 7) is 7.24. The summed E-state index contributed by atoms with van der Waals surface area (Å²) in [5, 5.41) is 3.39. The minimum atomic E-state index is -0.101. The number of methoxy groups -OCH3 is 1. The number of carbonyl (C=O) groups is 1. The van der Waals surface area contributed by atoms with E-state index in [-0.39, 0.29) is 11.9 Å². The molecule has 6 nitrogen and oxygen atoms in total. The molecule has 0 spiro atoms. The molecule has 1 heterocycles. The number of aryl methyl sites for hydroxylation is 2. The van der Waals surface area contributed by atoms with E-state index in [1.165, 1.54) is 18.2 Å². The predicted octanol–water partition coefficient (Wildman–Crippen LogP) is 2.53. The molecule has 0 unspecified atom stereocenters. The summed E-state index contributed by atoms with van der Waals surface area (Å²) >= 11 is 0. The zero-order chi connectivity index (χ0) is 18.9. The highest BCUT2D eigenvalue weighted by atomic mass is 16.5. The fourth-order valence-corrected chi connectivity index (χ4v) is 3.30. The number of nitrogens with zero attached hydrogens (tertiary/aromatic N) is 2. The lowest BCUT2D eigenvalue weighted by atomic mass is 9.97. The molecule has 0 saturated carbocycles. The molecule has 1 fully saturated rings. The molecule has 1 aliphatic heterocycles. The molecule has 1 aromatic rings. The average Bonchev–Trinajstić information content (AvgIpc) is 2.66.